The highest BCUT2D eigenvalue weighted by Gasteiger charge is 2.34. The van der Waals surface area contributed by atoms with Crippen LogP contribution < -0.4 is 15.4 Å². The number of aromatic nitrogens is 1. The molecule has 0 spiro atoms. The zero-order valence-electron chi connectivity index (χ0n) is 21.2. The number of furan rings is 1. The maximum atomic E-state index is 6.54. The summed E-state index contributed by atoms with van der Waals surface area (Å²) >= 11 is 0. The third-order valence-corrected chi connectivity index (χ3v) is 8.68. The van der Waals surface area contributed by atoms with Gasteiger partial charge in [-0.2, -0.15) is 0 Å². The van der Waals surface area contributed by atoms with Crippen molar-refractivity contribution in [3.05, 3.63) is 131 Å². The van der Waals surface area contributed by atoms with Crippen molar-refractivity contribution >= 4 is 44.9 Å². The fraction of sp³-hybridized carbons (Fsp3) is 0.111. The predicted octanol–water partition coefficient (Wildman–Crippen LogP) is 7.15. The Kier molecular flexibility index (Phi) is 4.28. The number of allylic oxidation sites excluding steroid dienone is 2. The van der Waals surface area contributed by atoms with Gasteiger partial charge < -0.3 is 13.7 Å². The van der Waals surface area contributed by atoms with Crippen LogP contribution in [-0.4, -0.2) is 10.7 Å². The van der Waals surface area contributed by atoms with E-state index in [1.807, 2.05) is 6.07 Å². The van der Waals surface area contributed by atoms with Crippen molar-refractivity contribution in [2.24, 2.45) is 5.92 Å². The fourth-order valence-corrected chi connectivity index (χ4v) is 6.91. The second-order valence-electron chi connectivity index (χ2n) is 10.8. The van der Waals surface area contributed by atoms with Crippen LogP contribution in [0.5, 0.6) is 5.75 Å². The van der Waals surface area contributed by atoms with E-state index >= 15 is 0 Å². The zero-order valence-corrected chi connectivity index (χ0v) is 21.2. The molecule has 0 bridgehead atoms. The molecule has 0 fully saturated rings. The van der Waals surface area contributed by atoms with Crippen LogP contribution in [0.2, 0.25) is 0 Å². The van der Waals surface area contributed by atoms with Crippen molar-refractivity contribution in [3.63, 3.8) is 0 Å². The summed E-state index contributed by atoms with van der Waals surface area (Å²) in [5, 5.41) is 4.92. The summed E-state index contributed by atoms with van der Waals surface area (Å²) in [7, 11) is 0. The molecule has 3 nitrogen and oxygen atoms in total. The molecule has 0 saturated heterocycles. The number of hydrogen-bond donors (Lipinski definition) is 0. The van der Waals surface area contributed by atoms with E-state index in [1.165, 1.54) is 43.5 Å². The molecule has 0 radical (unpaired) electrons. The summed E-state index contributed by atoms with van der Waals surface area (Å²) in [6.07, 6.45) is 12.6. The van der Waals surface area contributed by atoms with E-state index in [-0.39, 0.29) is 17.9 Å². The molecule has 3 atom stereocenters. The first-order valence-corrected chi connectivity index (χ1v) is 13.7. The highest BCUT2D eigenvalue weighted by molar-refractivity contribution is 6.10. The Labute approximate surface area is 225 Å². The average molecular weight is 504 g/mol. The van der Waals surface area contributed by atoms with Gasteiger partial charge in [-0.05, 0) is 54.5 Å². The molecular formula is C36H25NO2. The highest BCUT2D eigenvalue weighted by Crippen LogP contribution is 2.43. The number of hydrogen-bond acceptors (Lipinski definition) is 2. The van der Waals surface area contributed by atoms with Crippen molar-refractivity contribution in [3.8, 4) is 11.4 Å². The maximum absolute atomic E-state index is 6.54. The molecule has 39 heavy (non-hydrogen) atoms. The Morgan fingerprint density at radius 3 is 2.36 bits per heavy atom. The van der Waals surface area contributed by atoms with E-state index in [2.05, 4.69) is 120 Å². The van der Waals surface area contributed by atoms with Crippen molar-refractivity contribution < 1.29 is 9.15 Å². The molecule has 4 aromatic carbocycles. The average Bonchev–Trinajstić information content (AvgIpc) is 3.66. The predicted molar refractivity (Wildman–Crippen MR) is 158 cm³/mol. The molecule has 2 aromatic heterocycles. The molecule has 3 heterocycles. The minimum Gasteiger partial charge on any atom is -0.485 e. The Morgan fingerprint density at radius 2 is 1.51 bits per heavy atom. The summed E-state index contributed by atoms with van der Waals surface area (Å²) in [6, 6.07) is 32.2. The quantitative estimate of drug-likeness (QED) is 0.251. The Bertz CT molecular complexity index is 2100. The van der Waals surface area contributed by atoms with Crippen LogP contribution in [0.25, 0.3) is 50.6 Å². The SMILES string of the molecule is C1=CC2Oc3ccccc3C2C=C1C1C=c2oc3cccc(-n4c5ccccc5c5ccccc54)c3c2=CC1. The van der Waals surface area contributed by atoms with E-state index in [0.717, 1.165) is 28.9 Å². The van der Waals surface area contributed by atoms with Crippen molar-refractivity contribution in [2.45, 2.75) is 18.4 Å². The summed E-state index contributed by atoms with van der Waals surface area (Å²) in [5.74, 6) is 1.55. The van der Waals surface area contributed by atoms with Gasteiger partial charge in [0.25, 0.3) is 0 Å². The molecule has 9 rings (SSSR count). The lowest BCUT2D eigenvalue weighted by molar-refractivity contribution is 0.268. The van der Waals surface area contributed by atoms with Crippen LogP contribution in [-0.2, 0) is 0 Å². The lowest BCUT2D eigenvalue weighted by Crippen LogP contribution is -2.27. The van der Waals surface area contributed by atoms with Gasteiger partial charge >= 0.3 is 0 Å². The second kappa shape index (κ2) is 7.87. The van der Waals surface area contributed by atoms with Gasteiger partial charge in [0.2, 0.25) is 0 Å². The van der Waals surface area contributed by atoms with Crippen molar-refractivity contribution in [1.82, 2.24) is 4.57 Å². The van der Waals surface area contributed by atoms with Crippen LogP contribution >= 0.6 is 0 Å². The van der Waals surface area contributed by atoms with E-state index in [0.29, 0.717) is 0 Å². The van der Waals surface area contributed by atoms with Crippen LogP contribution in [0.15, 0.2) is 119 Å². The molecule has 6 aromatic rings. The maximum Gasteiger partial charge on any atom is 0.137 e. The van der Waals surface area contributed by atoms with E-state index < -0.39 is 0 Å². The summed E-state index contributed by atoms with van der Waals surface area (Å²) in [6.45, 7) is 0. The van der Waals surface area contributed by atoms with Crippen LogP contribution in [0.1, 0.15) is 17.9 Å². The number of para-hydroxylation sites is 3. The molecule has 0 saturated carbocycles. The standard InChI is InChI=1S/C36H25NO2/c1-4-11-29-24(8-1)25-9-2-5-12-30(25)37(29)31-13-7-15-34-36(31)27-18-16-23(21-35(27)39-34)22-17-19-33-28(20-22)26-10-3-6-14-32(26)38-33/h1-15,17-21,23,28,33H,16H2. The first kappa shape index (κ1) is 21.2. The molecule has 0 amide bonds. The van der Waals surface area contributed by atoms with Gasteiger partial charge in [0.15, 0.2) is 0 Å². The third-order valence-electron chi connectivity index (χ3n) is 8.68. The van der Waals surface area contributed by atoms with Crippen LogP contribution in [0, 0.1) is 5.92 Å². The number of rotatable bonds is 2. The molecule has 3 heteroatoms. The number of ether oxygens (including phenoxy) is 1. The summed E-state index contributed by atoms with van der Waals surface area (Å²) in [4.78, 5) is 0. The molecule has 3 aliphatic rings. The van der Waals surface area contributed by atoms with E-state index in [1.54, 1.807) is 0 Å². The number of nitrogens with zero attached hydrogens (tertiary/aromatic N) is 1. The van der Waals surface area contributed by atoms with Gasteiger partial charge in [-0.1, -0.05) is 78.9 Å². The summed E-state index contributed by atoms with van der Waals surface area (Å²) in [5.41, 5.74) is 8.10. The lowest BCUT2D eigenvalue weighted by atomic mass is 9.82. The summed E-state index contributed by atoms with van der Waals surface area (Å²) < 4.78 is 15.1. The van der Waals surface area contributed by atoms with Crippen molar-refractivity contribution in [1.29, 1.82) is 0 Å². The minimum absolute atomic E-state index is 0.0919. The Morgan fingerprint density at radius 1 is 0.744 bits per heavy atom. The lowest BCUT2D eigenvalue weighted by Gasteiger charge is -2.22. The largest absolute Gasteiger partial charge is 0.485 e. The molecule has 0 N–H and O–H groups in total. The third kappa shape index (κ3) is 2.99. The highest BCUT2D eigenvalue weighted by atomic mass is 16.5. The number of fused-ring (bicyclic) bond motifs is 9. The Balaban J connectivity index is 1.21. The normalized spacial score (nSPS) is 21.1. The first-order valence-electron chi connectivity index (χ1n) is 13.7. The topological polar surface area (TPSA) is 27.3 Å². The minimum atomic E-state index is 0.0919. The molecule has 186 valence electrons. The monoisotopic (exact) mass is 503 g/mol. The van der Waals surface area contributed by atoms with Crippen molar-refractivity contribution in [2.75, 3.05) is 0 Å². The van der Waals surface area contributed by atoms with Gasteiger partial charge in [-0.3, -0.25) is 0 Å². The van der Waals surface area contributed by atoms with Gasteiger partial charge in [-0.15, -0.1) is 0 Å². The van der Waals surface area contributed by atoms with E-state index in [9.17, 15) is 0 Å². The molecule has 1 aliphatic heterocycles. The zero-order chi connectivity index (χ0) is 25.5. The first-order chi connectivity index (χ1) is 19.3. The van der Waals surface area contributed by atoms with Gasteiger partial charge in [0.05, 0.1) is 22.1 Å². The smallest absolute Gasteiger partial charge is 0.137 e. The van der Waals surface area contributed by atoms with Gasteiger partial charge in [0, 0.05) is 33.4 Å². The Hall–Kier alpha value is -4.76. The molecule has 2 aliphatic carbocycles. The van der Waals surface area contributed by atoms with E-state index in [4.69, 9.17) is 9.15 Å². The number of benzene rings is 4. The fourth-order valence-electron chi connectivity index (χ4n) is 6.91. The molecule has 3 unspecified atom stereocenters. The van der Waals surface area contributed by atoms with Crippen LogP contribution in [0.4, 0.5) is 0 Å². The van der Waals surface area contributed by atoms with Gasteiger partial charge in [0.1, 0.15) is 22.9 Å². The molecular weight excluding hydrogens is 478 g/mol. The second-order valence-corrected chi connectivity index (χ2v) is 10.8. The van der Waals surface area contributed by atoms with Gasteiger partial charge in [-0.25, -0.2) is 0 Å². The van der Waals surface area contributed by atoms with Crippen LogP contribution in [0.3, 0.4) is 0 Å².